The maximum Gasteiger partial charge on any atom is 0.407 e. The van der Waals surface area contributed by atoms with Crippen LogP contribution in [-0.2, 0) is 19.9 Å². The maximum atomic E-state index is 13.8. The zero-order chi connectivity index (χ0) is 48.8. The zero-order valence-electron chi connectivity index (χ0n) is 43.1. The lowest BCUT2D eigenvalue weighted by atomic mass is 9.47. The largest absolute Gasteiger partial charge is 0.497 e. The number of aliphatic hydroxyl groups excluding tert-OH is 1. The molecule has 1 aliphatic heterocycles. The van der Waals surface area contributed by atoms with Crippen LogP contribution in [-0.4, -0.2) is 74.2 Å². The van der Waals surface area contributed by atoms with Gasteiger partial charge in [0.25, 0.3) is 0 Å². The summed E-state index contributed by atoms with van der Waals surface area (Å²) in [6.07, 6.45) is 18.4. The van der Waals surface area contributed by atoms with Gasteiger partial charge in [0.2, 0.25) is 5.91 Å². The van der Waals surface area contributed by atoms with Gasteiger partial charge in [-0.15, -0.1) is 0 Å². The first-order valence-corrected chi connectivity index (χ1v) is 26.9. The van der Waals surface area contributed by atoms with Crippen molar-refractivity contribution in [1.29, 1.82) is 0 Å². The van der Waals surface area contributed by atoms with Crippen molar-refractivity contribution in [2.45, 2.75) is 161 Å². The highest BCUT2D eigenvalue weighted by molar-refractivity contribution is 5.77. The number of benzene rings is 3. The molecule has 3 aromatic carbocycles. The van der Waals surface area contributed by atoms with Crippen LogP contribution in [0.4, 0.5) is 4.79 Å². The number of carbonyl (C=O) groups is 2. The molecule has 9 heteroatoms. The second-order valence-corrected chi connectivity index (χ2v) is 22.7. The second kappa shape index (κ2) is 22.4. The van der Waals surface area contributed by atoms with E-state index >= 15 is 0 Å². The Morgan fingerprint density at radius 3 is 2.14 bits per heavy atom. The van der Waals surface area contributed by atoms with Crippen molar-refractivity contribution in [2.24, 2.45) is 46.3 Å². The molecule has 3 aromatic rings. The first-order valence-electron chi connectivity index (χ1n) is 26.9. The molecule has 5 aliphatic rings. The molecule has 0 radical (unpaired) electrons. The van der Waals surface area contributed by atoms with E-state index < -0.39 is 11.7 Å². The van der Waals surface area contributed by atoms with E-state index in [4.69, 9.17) is 18.9 Å². The van der Waals surface area contributed by atoms with E-state index in [1.54, 1.807) is 19.8 Å². The van der Waals surface area contributed by atoms with Crippen LogP contribution in [0.3, 0.4) is 0 Å². The van der Waals surface area contributed by atoms with Crippen LogP contribution in [0.15, 0.2) is 90.5 Å². The SMILES string of the molecule is COc1ccc(C(OCC2CC(O)CN2C(=O)CCCCCNC(=O)OC2CC[C@@]3(C)C(=CCC4C3CC[C@@]3(C)C4CC[C@@H]3[C@H](C)CCCC(C)C)C2)(c2ccccc2)c2ccc(OC)cc2)cc1. The minimum Gasteiger partial charge on any atom is -0.497 e. The Morgan fingerprint density at radius 2 is 1.48 bits per heavy atom. The Balaban J connectivity index is 0.800. The number of nitrogens with zero attached hydrogens (tertiary/aromatic N) is 1. The lowest BCUT2D eigenvalue weighted by Gasteiger charge is -2.58. The zero-order valence-corrected chi connectivity index (χ0v) is 43.1. The monoisotopic (exact) mass is 945 g/mol. The lowest BCUT2D eigenvalue weighted by Crippen LogP contribution is -2.51. The average Bonchev–Trinajstić information content (AvgIpc) is 3.92. The van der Waals surface area contributed by atoms with Crippen LogP contribution in [0.2, 0.25) is 0 Å². The first-order chi connectivity index (χ1) is 33.3. The molecule has 10 atom stereocenters. The highest BCUT2D eigenvalue weighted by Crippen LogP contribution is 2.67. The number of aliphatic hydroxyl groups is 1. The molecule has 9 nitrogen and oxygen atoms in total. The molecule has 2 N–H and O–H groups in total. The van der Waals surface area contributed by atoms with E-state index in [1.807, 2.05) is 71.6 Å². The van der Waals surface area contributed by atoms with Gasteiger partial charge in [-0.2, -0.15) is 0 Å². The van der Waals surface area contributed by atoms with Crippen LogP contribution in [0, 0.1) is 46.3 Å². The van der Waals surface area contributed by atoms with Crippen LogP contribution in [0.25, 0.3) is 0 Å². The van der Waals surface area contributed by atoms with Gasteiger partial charge in [-0.25, -0.2) is 4.79 Å². The maximum absolute atomic E-state index is 13.8. The van der Waals surface area contributed by atoms with E-state index in [0.29, 0.717) is 31.2 Å². The molecule has 4 aliphatic carbocycles. The van der Waals surface area contributed by atoms with Gasteiger partial charge in [-0.1, -0.05) is 127 Å². The van der Waals surface area contributed by atoms with Crippen molar-refractivity contribution in [3.05, 3.63) is 107 Å². The highest BCUT2D eigenvalue weighted by atomic mass is 16.6. The normalized spacial score (nSPS) is 29.1. The standard InChI is InChI=1S/C60H84N2O7/c1-41(2)15-14-16-42(3)53-30-31-54-52-29-24-46-37-51(32-34-58(46,4)55(52)33-35-59(53,54)5)69-57(65)61-36-13-9-12-19-56(64)62-39-48(63)38-47(62)40-68-60(43-17-10-8-11-18-43,44-20-25-49(66-6)26-21-44)45-22-27-50(67-7)28-23-45/h8,10-11,17-18,20-28,41-42,47-48,51-55,63H,9,12-16,19,29-40H2,1-7H3,(H,61,65)/t42-,47?,48?,51?,52?,53-,54?,55?,58+,59-/m1/s1. The Labute approximate surface area is 414 Å². The van der Waals surface area contributed by atoms with Crippen molar-refractivity contribution in [2.75, 3.05) is 33.9 Å². The Morgan fingerprint density at radius 1 is 0.797 bits per heavy atom. The topological polar surface area (TPSA) is 107 Å². The molecule has 0 aromatic heterocycles. The van der Waals surface area contributed by atoms with Crippen LogP contribution < -0.4 is 14.8 Å². The van der Waals surface area contributed by atoms with E-state index in [2.05, 4.69) is 58.1 Å². The highest BCUT2D eigenvalue weighted by Gasteiger charge is 2.59. The van der Waals surface area contributed by atoms with Crippen LogP contribution in [0.5, 0.6) is 11.5 Å². The number of alkyl carbamates (subject to hydrolysis) is 1. The second-order valence-electron chi connectivity index (χ2n) is 22.7. The molecule has 0 bridgehead atoms. The fourth-order valence-electron chi connectivity index (χ4n) is 14.5. The van der Waals surface area contributed by atoms with E-state index in [-0.39, 0.29) is 42.7 Å². The van der Waals surface area contributed by atoms with Gasteiger partial charge >= 0.3 is 6.09 Å². The summed E-state index contributed by atoms with van der Waals surface area (Å²) >= 11 is 0. The number of unbranched alkanes of at least 4 members (excludes halogenated alkanes) is 2. The van der Waals surface area contributed by atoms with E-state index in [0.717, 1.165) is 95.8 Å². The summed E-state index contributed by atoms with van der Waals surface area (Å²) in [7, 11) is 3.30. The third-order valence-electron chi connectivity index (χ3n) is 18.2. The summed E-state index contributed by atoms with van der Waals surface area (Å²) in [5.41, 5.74) is 4.00. The predicted molar refractivity (Wildman–Crippen MR) is 274 cm³/mol. The number of ether oxygens (including phenoxy) is 4. The number of allylic oxidation sites excluding steroid dienone is 1. The summed E-state index contributed by atoms with van der Waals surface area (Å²) in [5.74, 6) is 6.37. The molecule has 1 saturated heterocycles. The Kier molecular flexibility index (Phi) is 16.6. The van der Waals surface area contributed by atoms with Crippen molar-refractivity contribution in [3.8, 4) is 11.5 Å². The predicted octanol–water partition coefficient (Wildman–Crippen LogP) is 12.7. The molecular formula is C60H84N2O7. The molecule has 0 spiro atoms. The Bertz CT molecular complexity index is 2130. The van der Waals surface area contributed by atoms with E-state index in [9.17, 15) is 14.7 Å². The molecular weight excluding hydrogens is 861 g/mol. The number of amides is 2. The van der Waals surface area contributed by atoms with Gasteiger partial charge in [0.15, 0.2) is 0 Å². The molecule has 2 amide bonds. The third kappa shape index (κ3) is 11.0. The fraction of sp³-hybridized carbons (Fsp3) is 0.633. The summed E-state index contributed by atoms with van der Waals surface area (Å²) in [6, 6.07) is 25.6. The number of methoxy groups -OCH3 is 2. The van der Waals surface area contributed by atoms with Crippen LogP contribution >= 0.6 is 0 Å². The number of fused-ring (bicyclic) bond motifs is 5. The van der Waals surface area contributed by atoms with Gasteiger partial charge < -0.3 is 34.3 Å². The molecule has 376 valence electrons. The van der Waals surface area contributed by atoms with Gasteiger partial charge in [0.05, 0.1) is 33.0 Å². The number of hydrogen-bond acceptors (Lipinski definition) is 7. The minimum atomic E-state index is -1.02. The summed E-state index contributed by atoms with van der Waals surface area (Å²) < 4.78 is 24.2. The number of rotatable bonds is 20. The summed E-state index contributed by atoms with van der Waals surface area (Å²) in [6.45, 7) is 13.5. The van der Waals surface area contributed by atoms with Gasteiger partial charge in [-0.3, -0.25) is 4.79 Å². The number of β-amino-alcohol motifs (C(OH)–C–C–N with tert-alkyl or cyclic N) is 1. The quantitative estimate of drug-likeness (QED) is 0.0660. The molecule has 1 heterocycles. The van der Waals surface area contributed by atoms with Crippen molar-refractivity contribution in [1.82, 2.24) is 10.2 Å². The molecule has 8 rings (SSSR count). The lowest BCUT2D eigenvalue weighted by molar-refractivity contribution is -0.134. The molecule has 69 heavy (non-hydrogen) atoms. The number of carbonyl (C=O) groups excluding carboxylic acids is 2. The average molecular weight is 945 g/mol. The minimum absolute atomic E-state index is 0.0103. The van der Waals surface area contributed by atoms with Crippen molar-refractivity contribution in [3.63, 3.8) is 0 Å². The van der Waals surface area contributed by atoms with Gasteiger partial charge in [0.1, 0.15) is 23.2 Å². The van der Waals surface area contributed by atoms with E-state index in [1.165, 1.54) is 51.4 Å². The summed E-state index contributed by atoms with van der Waals surface area (Å²) in [5, 5.41) is 13.9. The van der Waals surface area contributed by atoms with Gasteiger partial charge in [0, 0.05) is 25.9 Å². The summed E-state index contributed by atoms with van der Waals surface area (Å²) in [4.78, 5) is 28.7. The number of likely N-dealkylation sites (tertiary alicyclic amines) is 1. The van der Waals surface area contributed by atoms with Gasteiger partial charge in [-0.05, 0) is 152 Å². The fourth-order valence-corrected chi connectivity index (χ4v) is 14.5. The van der Waals surface area contributed by atoms with Crippen LogP contribution in [0.1, 0.15) is 154 Å². The molecule has 3 saturated carbocycles. The molecule has 4 fully saturated rings. The van der Waals surface area contributed by atoms with Crippen molar-refractivity contribution >= 4 is 12.0 Å². The third-order valence-corrected chi connectivity index (χ3v) is 18.2. The first kappa shape index (κ1) is 51.0. The smallest absolute Gasteiger partial charge is 0.407 e. The Hall–Kier alpha value is -4.34. The number of nitrogens with one attached hydrogen (secondary N) is 1. The number of hydrogen-bond donors (Lipinski definition) is 2. The molecule has 6 unspecified atom stereocenters. The van der Waals surface area contributed by atoms with Crippen molar-refractivity contribution < 1.29 is 33.6 Å².